The Hall–Kier alpha value is -6.40. The Morgan fingerprint density at radius 3 is 1.22 bits per heavy atom. The molecule has 0 unspecified atom stereocenters. The van der Waals surface area contributed by atoms with E-state index in [0.29, 0.717) is 28.2 Å². The molecule has 0 N–H and O–H groups in total. The first kappa shape index (κ1) is 27.2. The summed E-state index contributed by atoms with van der Waals surface area (Å²) in [6, 6.07) is 49.7. The zero-order valence-electron chi connectivity index (χ0n) is 24.6. The van der Waals surface area contributed by atoms with Gasteiger partial charge in [0.1, 0.15) is 5.69 Å². The Balaban J connectivity index is 1.28. The molecule has 0 saturated carbocycles. The number of benzene rings is 6. The molecule has 6 heteroatoms. The van der Waals surface area contributed by atoms with Gasteiger partial charge in [-0.2, -0.15) is 0 Å². The molecule has 6 aromatic carbocycles. The van der Waals surface area contributed by atoms with Gasteiger partial charge in [0.2, 0.25) is 0 Å². The largest absolute Gasteiger partial charge is 0.244 e. The molecule has 0 bridgehead atoms. The third-order valence-corrected chi connectivity index (χ3v) is 8.06. The molecular formula is C40H25N5O. The number of rotatable bonds is 6. The fourth-order valence-electron chi connectivity index (χ4n) is 5.80. The van der Waals surface area contributed by atoms with E-state index >= 15 is 0 Å². The second kappa shape index (κ2) is 11.6. The highest BCUT2D eigenvalue weighted by molar-refractivity contribution is 5.93. The summed E-state index contributed by atoms with van der Waals surface area (Å²) in [6.07, 6.45) is 0. The Bertz CT molecular complexity index is 2380. The van der Waals surface area contributed by atoms with Gasteiger partial charge in [0, 0.05) is 22.3 Å². The van der Waals surface area contributed by atoms with E-state index in [1.165, 1.54) is 0 Å². The molecule has 46 heavy (non-hydrogen) atoms. The maximum atomic E-state index is 11.8. The Kier molecular flexibility index (Phi) is 6.85. The summed E-state index contributed by atoms with van der Waals surface area (Å²) in [4.78, 5) is 32.1. The van der Waals surface area contributed by atoms with Crippen LogP contribution in [0.4, 0.5) is 5.69 Å². The van der Waals surface area contributed by atoms with Gasteiger partial charge < -0.3 is 0 Å². The lowest BCUT2D eigenvalue weighted by Crippen LogP contribution is -1.97. The van der Waals surface area contributed by atoms with Crippen LogP contribution in [-0.2, 0) is 0 Å². The van der Waals surface area contributed by atoms with Crippen molar-refractivity contribution in [1.82, 2.24) is 19.9 Å². The molecule has 0 spiro atoms. The molecule has 0 saturated heterocycles. The van der Waals surface area contributed by atoms with Crippen molar-refractivity contribution in [1.29, 1.82) is 0 Å². The van der Waals surface area contributed by atoms with Crippen LogP contribution in [0.1, 0.15) is 0 Å². The first-order valence-electron chi connectivity index (χ1n) is 15.0. The molecule has 0 fully saturated rings. The van der Waals surface area contributed by atoms with E-state index in [1.807, 2.05) is 97.1 Å². The molecular weight excluding hydrogens is 566 g/mol. The van der Waals surface area contributed by atoms with Crippen molar-refractivity contribution >= 4 is 27.8 Å². The zero-order valence-corrected chi connectivity index (χ0v) is 24.6. The molecule has 8 aromatic rings. The molecule has 0 radical (unpaired) electrons. The SMILES string of the molecule is O=Nc1ccccc1-c1nc2cc(-c3ccc4nc(-c5ccccc5)c(-c5ccccc5)nc4c3)ccc2nc1-c1ccccc1. The molecule has 6 nitrogen and oxygen atoms in total. The monoisotopic (exact) mass is 591 g/mol. The van der Waals surface area contributed by atoms with Crippen molar-refractivity contribution in [3.05, 3.63) is 157 Å². The highest BCUT2D eigenvalue weighted by atomic mass is 16.3. The van der Waals surface area contributed by atoms with Crippen molar-refractivity contribution in [2.24, 2.45) is 5.18 Å². The summed E-state index contributed by atoms with van der Waals surface area (Å²) in [5, 5.41) is 3.28. The summed E-state index contributed by atoms with van der Waals surface area (Å²) in [5.74, 6) is 0. The van der Waals surface area contributed by atoms with Gasteiger partial charge in [-0.25, -0.2) is 19.9 Å². The molecule has 0 amide bonds. The maximum absolute atomic E-state index is 11.8. The lowest BCUT2D eigenvalue weighted by Gasteiger charge is -2.13. The lowest BCUT2D eigenvalue weighted by atomic mass is 10.0. The van der Waals surface area contributed by atoms with Crippen LogP contribution < -0.4 is 0 Å². The van der Waals surface area contributed by atoms with Gasteiger partial charge in [-0.05, 0) is 46.6 Å². The number of hydrogen-bond donors (Lipinski definition) is 0. The fraction of sp³-hybridized carbons (Fsp3) is 0. The van der Waals surface area contributed by atoms with Gasteiger partial charge in [0.25, 0.3) is 0 Å². The normalized spacial score (nSPS) is 11.1. The highest BCUT2D eigenvalue weighted by Crippen LogP contribution is 2.37. The van der Waals surface area contributed by atoms with E-state index in [2.05, 4.69) is 47.6 Å². The van der Waals surface area contributed by atoms with Crippen LogP contribution in [-0.4, -0.2) is 19.9 Å². The number of nitrogens with zero attached hydrogens (tertiary/aromatic N) is 5. The van der Waals surface area contributed by atoms with Crippen molar-refractivity contribution in [2.45, 2.75) is 0 Å². The van der Waals surface area contributed by atoms with Gasteiger partial charge in [0.05, 0.1) is 44.8 Å². The molecule has 0 aliphatic carbocycles. The average Bonchev–Trinajstić information content (AvgIpc) is 3.14. The summed E-state index contributed by atoms with van der Waals surface area (Å²) in [6.45, 7) is 0. The van der Waals surface area contributed by atoms with E-state index in [1.54, 1.807) is 12.1 Å². The van der Waals surface area contributed by atoms with Gasteiger partial charge in [-0.15, -0.1) is 4.91 Å². The molecule has 0 atom stereocenters. The summed E-state index contributed by atoms with van der Waals surface area (Å²) < 4.78 is 0. The Morgan fingerprint density at radius 2 is 0.739 bits per heavy atom. The maximum Gasteiger partial charge on any atom is 0.117 e. The van der Waals surface area contributed by atoms with Crippen molar-refractivity contribution in [2.75, 3.05) is 0 Å². The molecule has 2 aromatic heterocycles. The molecule has 0 aliphatic rings. The second-order valence-electron chi connectivity index (χ2n) is 11.0. The number of fused-ring (bicyclic) bond motifs is 2. The minimum Gasteiger partial charge on any atom is -0.244 e. The molecule has 0 aliphatic heterocycles. The first-order chi connectivity index (χ1) is 22.7. The van der Waals surface area contributed by atoms with E-state index in [9.17, 15) is 4.91 Å². The van der Waals surface area contributed by atoms with Gasteiger partial charge >= 0.3 is 0 Å². The molecule has 8 rings (SSSR count). The van der Waals surface area contributed by atoms with E-state index in [-0.39, 0.29) is 0 Å². The standard InChI is InChI=1S/C40H25N5O/c46-45-32-19-11-10-18-31(32)40-39(28-16-8-3-9-17-28)42-34-23-21-30(25-36(34)44-40)29-20-22-33-35(24-29)43-38(27-14-6-2-7-15-27)37(41-33)26-12-4-1-5-13-26/h1-25H. The van der Waals surface area contributed by atoms with Crippen LogP contribution in [0, 0.1) is 4.91 Å². The van der Waals surface area contributed by atoms with Crippen LogP contribution >= 0.6 is 0 Å². The number of hydrogen-bond acceptors (Lipinski definition) is 6. The van der Waals surface area contributed by atoms with Crippen molar-refractivity contribution in [3.8, 4) is 56.2 Å². The Labute approximate surface area is 265 Å². The lowest BCUT2D eigenvalue weighted by molar-refractivity contribution is 1.28. The van der Waals surface area contributed by atoms with Gasteiger partial charge in [-0.3, -0.25) is 0 Å². The summed E-state index contributed by atoms with van der Waals surface area (Å²) >= 11 is 0. The van der Waals surface area contributed by atoms with Crippen LogP contribution in [0.3, 0.4) is 0 Å². The zero-order chi connectivity index (χ0) is 30.9. The smallest absolute Gasteiger partial charge is 0.117 e. The molecule has 216 valence electrons. The predicted molar refractivity (Wildman–Crippen MR) is 185 cm³/mol. The fourth-order valence-corrected chi connectivity index (χ4v) is 5.80. The quantitative estimate of drug-likeness (QED) is 0.180. The summed E-state index contributed by atoms with van der Waals surface area (Å²) in [7, 11) is 0. The average molecular weight is 592 g/mol. The van der Waals surface area contributed by atoms with E-state index in [4.69, 9.17) is 19.9 Å². The van der Waals surface area contributed by atoms with Crippen molar-refractivity contribution < 1.29 is 0 Å². The van der Waals surface area contributed by atoms with Crippen LogP contribution in [0.15, 0.2) is 157 Å². The van der Waals surface area contributed by atoms with Crippen LogP contribution in [0.2, 0.25) is 0 Å². The highest BCUT2D eigenvalue weighted by Gasteiger charge is 2.18. The Morgan fingerprint density at radius 1 is 0.348 bits per heavy atom. The third-order valence-electron chi connectivity index (χ3n) is 8.06. The first-order valence-corrected chi connectivity index (χ1v) is 15.0. The topological polar surface area (TPSA) is 81.0 Å². The van der Waals surface area contributed by atoms with E-state index < -0.39 is 0 Å². The van der Waals surface area contributed by atoms with Gasteiger partial charge in [-0.1, -0.05) is 121 Å². The van der Waals surface area contributed by atoms with E-state index in [0.717, 1.165) is 55.8 Å². The second-order valence-corrected chi connectivity index (χ2v) is 11.0. The van der Waals surface area contributed by atoms with Crippen LogP contribution in [0.25, 0.3) is 78.2 Å². The molecule has 2 heterocycles. The third kappa shape index (κ3) is 4.98. The number of aromatic nitrogens is 4. The number of nitroso groups, excluding NO2 is 1. The minimum atomic E-state index is 0.321. The predicted octanol–water partition coefficient (Wildman–Crippen LogP) is 10.3. The van der Waals surface area contributed by atoms with Gasteiger partial charge in [0.15, 0.2) is 0 Å². The minimum absolute atomic E-state index is 0.321. The summed E-state index contributed by atoms with van der Waals surface area (Å²) in [5.41, 5.74) is 11.9. The van der Waals surface area contributed by atoms with Crippen molar-refractivity contribution in [3.63, 3.8) is 0 Å². The van der Waals surface area contributed by atoms with Crippen LogP contribution in [0.5, 0.6) is 0 Å².